The van der Waals surface area contributed by atoms with Gasteiger partial charge in [0.2, 0.25) is 0 Å². The number of nitro benzene ring substituents is 1. The standard InChI is InChI=1S/C17H22N4O5/c22-8-11-25-10-7-18-17(20-13-16-2-1-9-26-16)19-12-14-3-5-15(6-4-14)21(23)24/h1-6,9,22H,7-8,10-13H2,(H2,18,19,20). The van der Waals surface area contributed by atoms with Gasteiger partial charge in [0, 0.05) is 18.7 Å². The van der Waals surface area contributed by atoms with Crippen LogP contribution in [0.3, 0.4) is 0 Å². The lowest BCUT2D eigenvalue weighted by atomic mass is 10.2. The van der Waals surface area contributed by atoms with Gasteiger partial charge >= 0.3 is 0 Å². The molecule has 9 nitrogen and oxygen atoms in total. The second-order valence-corrected chi connectivity index (χ2v) is 5.28. The van der Waals surface area contributed by atoms with E-state index in [1.54, 1.807) is 24.5 Å². The maximum absolute atomic E-state index is 10.7. The molecule has 1 aromatic carbocycles. The van der Waals surface area contributed by atoms with Gasteiger partial charge in [-0.3, -0.25) is 10.1 Å². The van der Waals surface area contributed by atoms with Gasteiger partial charge in [-0.25, -0.2) is 4.99 Å². The number of rotatable bonds is 10. The van der Waals surface area contributed by atoms with Gasteiger partial charge in [0.05, 0.1) is 44.1 Å². The third-order valence-electron chi connectivity index (χ3n) is 3.35. The molecule has 9 heteroatoms. The van der Waals surface area contributed by atoms with E-state index in [4.69, 9.17) is 14.3 Å². The number of guanidine groups is 1. The first-order valence-electron chi connectivity index (χ1n) is 8.15. The fraction of sp³-hybridized carbons (Fsp3) is 0.353. The van der Waals surface area contributed by atoms with Crippen molar-refractivity contribution in [3.8, 4) is 0 Å². The normalized spacial score (nSPS) is 11.3. The number of aliphatic imine (C=N–C) groups is 1. The van der Waals surface area contributed by atoms with Gasteiger partial charge < -0.3 is 24.9 Å². The quantitative estimate of drug-likeness (QED) is 0.192. The number of nitrogens with zero attached hydrogens (tertiary/aromatic N) is 2. The van der Waals surface area contributed by atoms with Gasteiger partial charge in [0.1, 0.15) is 5.76 Å². The van der Waals surface area contributed by atoms with E-state index < -0.39 is 4.92 Å². The minimum absolute atomic E-state index is 0.0160. The van der Waals surface area contributed by atoms with Crippen molar-refractivity contribution in [3.05, 3.63) is 64.1 Å². The summed E-state index contributed by atoms with van der Waals surface area (Å²) < 4.78 is 10.5. The van der Waals surface area contributed by atoms with Crippen LogP contribution in [-0.4, -0.2) is 42.4 Å². The average Bonchev–Trinajstić information content (AvgIpc) is 3.17. The molecule has 0 bridgehead atoms. The van der Waals surface area contributed by atoms with Crippen LogP contribution >= 0.6 is 0 Å². The Labute approximate surface area is 150 Å². The first-order valence-corrected chi connectivity index (χ1v) is 8.15. The summed E-state index contributed by atoms with van der Waals surface area (Å²) in [5.41, 5.74) is 0.902. The van der Waals surface area contributed by atoms with Crippen molar-refractivity contribution < 1.29 is 19.2 Å². The predicted octanol–water partition coefficient (Wildman–Crippen LogP) is 1.43. The second-order valence-electron chi connectivity index (χ2n) is 5.28. The summed E-state index contributed by atoms with van der Waals surface area (Å²) in [6, 6.07) is 9.92. The smallest absolute Gasteiger partial charge is 0.269 e. The molecule has 2 rings (SSSR count). The lowest BCUT2D eigenvalue weighted by molar-refractivity contribution is -0.384. The van der Waals surface area contributed by atoms with Crippen molar-refractivity contribution in [1.29, 1.82) is 0 Å². The van der Waals surface area contributed by atoms with E-state index in [1.807, 2.05) is 6.07 Å². The van der Waals surface area contributed by atoms with E-state index in [1.165, 1.54) is 12.1 Å². The fourth-order valence-electron chi connectivity index (χ4n) is 2.06. The number of nitro groups is 1. The Morgan fingerprint density at radius 3 is 2.69 bits per heavy atom. The van der Waals surface area contributed by atoms with Crippen molar-refractivity contribution >= 4 is 11.6 Å². The van der Waals surface area contributed by atoms with Crippen LogP contribution in [0.15, 0.2) is 52.1 Å². The molecule has 0 aliphatic rings. The highest BCUT2D eigenvalue weighted by Crippen LogP contribution is 2.12. The zero-order valence-corrected chi connectivity index (χ0v) is 14.3. The van der Waals surface area contributed by atoms with Crippen LogP contribution in [0.2, 0.25) is 0 Å². The summed E-state index contributed by atoms with van der Waals surface area (Å²) in [6.45, 7) is 2.05. The van der Waals surface area contributed by atoms with Crippen LogP contribution in [0.4, 0.5) is 5.69 Å². The van der Waals surface area contributed by atoms with Gasteiger partial charge in [-0.15, -0.1) is 0 Å². The second kappa shape index (κ2) is 10.9. The number of non-ortho nitro benzene ring substituents is 1. The van der Waals surface area contributed by atoms with Gasteiger partial charge in [0.15, 0.2) is 5.96 Å². The van der Waals surface area contributed by atoms with Crippen LogP contribution < -0.4 is 10.6 Å². The number of aliphatic hydroxyl groups is 1. The molecule has 0 spiro atoms. The Morgan fingerprint density at radius 1 is 1.23 bits per heavy atom. The maximum Gasteiger partial charge on any atom is 0.269 e. The van der Waals surface area contributed by atoms with Crippen molar-refractivity contribution in [1.82, 2.24) is 10.6 Å². The molecule has 0 atom stereocenters. The summed E-state index contributed by atoms with van der Waals surface area (Å²) in [4.78, 5) is 14.7. The van der Waals surface area contributed by atoms with Crippen LogP contribution in [0.1, 0.15) is 11.3 Å². The van der Waals surface area contributed by atoms with Crippen LogP contribution in [-0.2, 0) is 17.8 Å². The third-order valence-corrected chi connectivity index (χ3v) is 3.35. The van der Waals surface area contributed by atoms with Gasteiger partial charge in [0.25, 0.3) is 5.69 Å². The van der Waals surface area contributed by atoms with Crippen molar-refractivity contribution in [3.63, 3.8) is 0 Å². The van der Waals surface area contributed by atoms with Crippen LogP contribution in [0.5, 0.6) is 0 Å². The SMILES string of the molecule is O=[N+]([O-])c1ccc(CN=C(NCCOCCO)NCc2ccco2)cc1. The van der Waals surface area contributed by atoms with Gasteiger partial charge in [-0.1, -0.05) is 12.1 Å². The van der Waals surface area contributed by atoms with Crippen molar-refractivity contribution in [2.75, 3.05) is 26.4 Å². The molecule has 26 heavy (non-hydrogen) atoms. The Hall–Kier alpha value is -2.91. The number of benzene rings is 1. The topological polar surface area (TPSA) is 122 Å². The number of aliphatic hydroxyl groups excluding tert-OH is 1. The van der Waals surface area contributed by atoms with Gasteiger partial charge in [-0.2, -0.15) is 0 Å². The molecule has 0 radical (unpaired) electrons. The lowest BCUT2D eigenvalue weighted by Gasteiger charge is -2.12. The molecule has 0 amide bonds. The highest BCUT2D eigenvalue weighted by molar-refractivity contribution is 5.79. The molecule has 1 aromatic heterocycles. The summed E-state index contributed by atoms with van der Waals surface area (Å²) in [5.74, 6) is 1.33. The zero-order chi connectivity index (χ0) is 18.6. The van der Waals surface area contributed by atoms with Crippen LogP contribution in [0.25, 0.3) is 0 Å². The first kappa shape index (κ1) is 19.4. The molecule has 140 valence electrons. The van der Waals surface area contributed by atoms with E-state index in [0.29, 0.717) is 32.2 Å². The number of hydrogen-bond donors (Lipinski definition) is 3. The molecule has 3 N–H and O–H groups in total. The molecular weight excluding hydrogens is 340 g/mol. The van der Waals surface area contributed by atoms with E-state index in [0.717, 1.165) is 11.3 Å². The van der Waals surface area contributed by atoms with E-state index in [9.17, 15) is 10.1 Å². The number of hydrogen-bond acceptors (Lipinski definition) is 6. The molecule has 0 fully saturated rings. The van der Waals surface area contributed by atoms with E-state index in [-0.39, 0.29) is 18.9 Å². The molecule has 1 heterocycles. The van der Waals surface area contributed by atoms with E-state index in [2.05, 4.69) is 15.6 Å². The lowest BCUT2D eigenvalue weighted by Crippen LogP contribution is -2.38. The largest absolute Gasteiger partial charge is 0.467 e. The Morgan fingerprint density at radius 2 is 2.04 bits per heavy atom. The minimum Gasteiger partial charge on any atom is -0.467 e. The monoisotopic (exact) mass is 362 g/mol. The average molecular weight is 362 g/mol. The molecule has 0 saturated carbocycles. The fourth-order valence-corrected chi connectivity index (χ4v) is 2.06. The summed E-state index contributed by atoms with van der Waals surface area (Å²) in [6.07, 6.45) is 1.60. The molecule has 0 saturated heterocycles. The number of furan rings is 1. The molecule has 0 unspecified atom stereocenters. The van der Waals surface area contributed by atoms with Crippen molar-refractivity contribution in [2.45, 2.75) is 13.1 Å². The molecule has 0 aliphatic carbocycles. The maximum atomic E-state index is 10.7. The third kappa shape index (κ3) is 6.91. The highest BCUT2D eigenvalue weighted by atomic mass is 16.6. The number of nitrogens with one attached hydrogen (secondary N) is 2. The zero-order valence-electron chi connectivity index (χ0n) is 14.3. The molecule has 2 aromatic rings. The highest BCUT2D eigenvalue weighted by Gasteiger charge is 2.05. The first-order chi connectivity index (χ1) is 12.7. The Kier molecular flexibility index (Phi) is 8.10. The van der Waals surface area contributed by atoms with Crippen LogP contribution in [0, 0.1) is 10.1 Å². The predicted molar refractivity (Wildman–Crippen MR) is 95.7 cm³/mol. The summed E-state index contributed by atoms with van der Waals surface area (Å²) >= 11 is 0. The minimum atomic E-state index is -0.433. The summed E-state index contributed by atoms with van der Waals surface area (Å²) in [7, 11) is 0. The van der Waals surface area contributed by atoms with E-state index >= 15 is 0 Å². The Balaban J connectivity index is 1.91. The van der Waals surface area contributed by atoms with Crippen molar-refractivity contribution in [2.24, 2.45) is 4.99 Å². The molecule has 0 aliphatic heterocycles. The van der Waals surface area contributed by atoms with Gasteiger partial charge in [-0.05, 0) is 17.7 Å². The number of ether oxygens (including phenoxy) is 1. The molecular formula is C17H22N4O5. The summed E-state index contributed by atoms with van der Waals surface area (Å²) in [5, 5.41) is 25.7. The Bertz CT molecular complexity index is 686.